The number of hydrogen-bond acceptors (Lipinski definition) is 10. The van der Waals surface area contributed by atoms with Gasteiger partial charge in [0.25, 0.3) is 0 Å². The number of carbonyl (C=O) groups excluding carboxylic acids is 2. The molecule has 5 atom stereocenters. The zero-order valence-electron chi connectivity index (χ0n) is 34.5. The van der Waals surface area contributed by atoms with E-state index in [1.54, 1.807) is 6.08 Å². The first-order valence-electron chi connectivity index (χ1n) is 21.7. The highest BCUT2D eigenvalue weighted by Gasteiger charge is 2.35. The predicted molar refractivity (Wildman–Crippen MR) is 220 cm³/mol. The van der Waals surface area contributed by atoms with Crippen molar-refractivity contribution in [1.82, 2.24) is 0 Å². The Morgan fingerprint density at radius 1 is 0.727 bits per heavy atom. The molecule has 11 nitrogen and oxygen atoms in total. The third-order valence-corrected chi connectivity index (χ3v) is 10.4. The summed E-state index contributed by atoms with van der Waals surface area (Å²) in [7, 11) is -4.42. The number of allylic oxidation sites excluding steroid dienone is 2. The number of aliphatic hydroxyl groups is 1. The number of phosphoric ester groups is 1. The maximum Gasteiger partial charge on any atom is 0.472 e. The van der Waals surface area contributed by atoms with Gasteiger partial charge in [-0.15, -0.1) is 0 Å². The van der Waals surface area contributed by atoms with Gasteiger partial charge in [0.15, 0.2) is 6.10 Å². The molecule has 0 saturated carbocycles. The van der Waals surface area contributed by atoms with Crippen molar-refractivity contribution in [1.29, 1.82) is 0 Å². The summed E-state index contributed by atoms with van der Waals surface area (Å²) in [6.45, 7) is 3.52. The van der Waals surface area contributed by atoms with Gasteiger partial charge in [-0.3, -0.25) is 18.6 Å². The Kier molecular flexibility index (Phi) is 32.9. The van der Waals surface area contributed by atoms with Gasteiger partial charge in [0.2, 0.25) is 0 Å². The molecule has 1 rings (SSSR count). The SMILES string of the molecule is CCCCC/C=C/CC1OC1/C=C\C(O)C/C=C/CCCC(=O)OC(COC(=O)CCCCCCCCCCCCCCCCC)COP(=O)(O)OCCN. The Bertz CT molecular complexity index is 1080. The summed E-state index contributed by atoms with van der Waals surface area (Å²) >= 11 is 0. The quantitative estimate of drug-likeness (QED) is 0.0178. The van der Waals surface area contributed by atoms with Crippen LogP contribution in [0, 0.1) is 0 Å². The number of hydrogen-bond donors (Lipinski definition) is 3. The van der Waals surface area contributed by atoms with Gasteiger partial charge in [-0.25, -0.2) is 4.57 Å². The lowest BCUT2D eigenvalue weighted by molar-refractivity contribution is -0.161. The Morgan fingerprint density at radius 2 is 1.29 bits per heavy atom. The fourth-order valence-electron chi connectivity index (χ4n) is 6.05. The van der Waals surface area contributed by atoms with Crippen LogP contribution in [0.25, 0.3) is 0 Å². The van der Waals surface area contributed by atoms with Gasteiger partial charge < -0.3 is 29.9 Å². The fraction of sp³-hybridized carbons (Fsp3) is 0.814. The second kappa shape index (κ2) is 35.3. The Labute approximate surface area is 333 Å². The summed E-state index contributed by atoms with van der Waals surface area (Å²) in [6, 6.07) is 0. The zero-order valence-corrected chi connectivity index (χ0v) is 35.4. The number of carbonyl (C=O) groups is 2. The number of rotatable bonds is 39. The molecule has 1 aliphatic rings. The van der Waals surface area contributed by atoms with Crippen LogP contribution in [0.15, 0.2) is 36.5 Å². The molecule has 0 aliphatic carbocycles. The standard InChI is InChI=1S/C43H78NO10P/c1-3-5-7-9-11-12-13-14-15-16-17-18-19-21-26-30-42(46)50-36-39(37-52-55(48,49)51-35-34-44)53-43(47)31-27-23-22-24-28-38(45)32-33-41-40(54-41)29-25-20-10-8-6-4-2/h20,22,24-25,32-33,38-41,45H,3-19,21,23,26-31,34-37,44H2,1-2H3,(H,48,49)/b24-22+,25-20+,33-32-. The zero-order chi connectivity index (χ0) is 40.2. The van der Waals surface area contributed by atoms with Gasteiger partial charge in [0.05, 0.1) is 25.4 Å². The van der Waals surface area contributed by atoms with Crippen molar-refractivity contribution in [3.8, 4) is 0 Å². The van der Waals surface area contributed by atoms with Gasteiger partial charge in [0, 0.05) is 19.4 Å². The molecule has 0 aromatic carbocycles. The van der Waals surface area contributed by atoms with Gasteiger partial charge >= 0.3 is 19.8 Å². The van der Waals surface area contributed by atoms with E-state index in [2.05, 4.69) is 26.0 Å². The lowest BCUT2D eigenvalue weighted by atomic mass is 10.0. The van der Waals surface area contributed by atoms with Crippen LogP contribution in [0.3, 0.4) is 0 Å². The topological polar surface area (TPSA) is 167 Å². The van der Waals surface area contributed by atoms with Crippen molar-refractivity contribution in [2.45, 2.75) is 199 Å². The molecular weight excluding hydrogens is 721 g/mol. The second-order valence-electron chi connectivity index (χ2n) is 14.8. The molecule has 320 valence electrons. The molecule has 0 radical (unpaired) electrons. The molecule has 0 bridgehead atoms. The molecule has 1 fully saturated rings. The van der Waals surface area contributed by atoms with E-state index in [0.29, 0.717) is 25.7 Å². The molecule has 1 heterocycles. The summed E-state index contributed by atoms with van der Waals surface area (Å²) in [4.78, 5) is 34.9. The molecular formula is C43H78NO10P. The molecule has 1 aliphatic heterocycles. The highest BCUT2D eigenvalue weighted by molar-refractivity contribution is 7.47. The van der Waals surface area contributed by atoms with Crippen molar-refractivity contribution in [2.24, 2.45) is 5.73 Å². The summed E-state index contributed by atoms with van der Waals surface area (Å²) < 4.78 is 38.3. The fourth-order valence-corrected chi connectivity index (χ4v) is 6.82. The first-order chi connectivity index (χ1) is 26.7. The number of aliphatic hydroxyl groups excluding tert-OH is 1. The van der Waals surface area contributed by atoms with Crippen molar-refractivity contribution in [3.63, 3.8) is 0 Å². The third-order valence-electron chi connectivity index (χ3n) is 9.46. The Morgan fingerprint density at radius 3 is 1.93 bits per heavy atom. The van der Waals surface area contributed by atoms with Crippen molar-refractivity contribution in [3.05, 3.63) is 36.5 Å². The first-order valence-corrected chi connectivity index (χ1v) is 23.2. The monoisotopic (exact) mass is 800 g/mol. The van der Waals surface area contributed by atoms with Gasteiger partial charge in [-0.2, -0.15) is 0 Å². The first kappa shape index (κ1) is 51.2. The van der Waals surface area contributed by atoms with Crippen LogP contribution in [0.4, 0.5) is 0 Å². The van der Waals surface area contributed by atoms with E-state index in [9.17, 15) is 24.2 Å². The normalized spacial score (nSPS) is 17.9. The molecule has 5 unspecified atom stereocenters. The van der Waals surface area contributed by atoms with Crippen LogP contribution in [0.1, 0.15) is 174 Å². The van der Waals surface area contributed by atoms with Crippen LogP contribution in [0.5, 0.6) is 0 Å². The van der Waals surface area contributed by atoms with Crippen LogP contribution in [0.2, 0.25) is 0 Å². The van der Waals surface area contributed by atoms with Crippen LogP contribution in [-0.4, -0.2) is 72.7 Å². The smallest absolute Gasteiger partial charge is 0.462 e. The molecule has 55 heavy (non-hydrogen) atoms. The van der Waals surface area contributed by atoms with E-state index >= 15 is 0 Å². The number of esters is 2. The highest BCUT2D eigenvalue weighted by atomic mass is 31.2. The number of nitrogens with two attached hydrogens (primary N) is 1. The van der Waals surface area contributed by atoms with Crippen LogP contribution < -0.4 is 5.73 Å². The number of unbranched alkanes of at least 4 members (excludes halogenated alkanes) is 18. The largest absolute Gasteiger partial charge is 0.472 e. The number of phosphoric acid groups is 1. The molecule has 0 aromatic rings. The number of ether oxygens (including phenoxy) is 3. The van der Waals surface area contributed by atoms with Gasteiger partial charge in [-0.05, 0) is 44.9 Å². The summed E-state index contributed by atoms with van der Waals surface area (Å²) in [5, 5.41) is 10.3. The lowest BCUT2D eigenvalue weighted by Gasteiger charge is -2.19. The highest BCUT2D eigenvalue weighted by Crippen LogP contribution is 2.43. The van der Waals surface area contributed by atoms with Crippen molar-refractivity contribution < 1.29 is 47.4 Å². The van der Waals surface area contributed by atoms with Crippen molar-refractivity contribution in [2.75, 3.05) is 26.4 Å². The summed E-state index contributed by atoms with van der Waals surface area (Å²) in [6.07, 6.45) is 36.5. The summed E-state index contributed by atoms with van der Waals surface area (Å²) in [5.74, 6) is -0.965. The Hall–Kier alpha value is -1.85. The van der Waals surface area contributed by atoms with Crippen LogP contribution in [-0.2, 0) is 37.4 Å². The van der Waals surface area contributed by atoms with E-state index in [1.165, 1.54) is 89.9 Å². The minimum Gasteiger partial charge on any atom is -0.462 e. The molecule has 0 amide bonds. The van der Waals surface area contributed by atoms with E-state index in [0.717, 1.165) is 32.1 Å². The van der Waals surface area contributed by atoms with Crippen molar-refractivity contribution >= 4 is 19.8 Å². The molecule has 1 saturated heterocycles. The van der Waals surface area contributed by atoms with E-state index < -0.39 is 38.6 Å². The van der Waals surface area contributed by atoms with Crippen LogP contribution >= 0.6 is 7.82 Å². The predicted octanol–water partition coefficient (Wildman–Crippen LogP) is 10.1. The molecule has 0 spiro atoms. The van der Waals surface area contributed by atoms with Gasteiger partial charge in [-0.1, -0.05) is 153 Å². The lowest BCUT2D eigenvalue weighted by Crippen LogP contribution is -2.29. The molecule has 0 aromatic heterocycles. The molecule has 12 heteroatoms. The Balaban J connectivity index is 2.26. The average molecular weight is 800 g/mol. The van der Waals surface area contributed by atoms with E-state index in [1.807, 2.05) is 18.2 Å². The molecule has 4 N–H and O–H groups in total. The minimum atomic E-state index is -4.42. The van der Waals surface area contributed by atoms with Gasteiger partial charge in [0.1, 0.15) is 12.7 Å². The second-order valence-corrected chi connectivity index (χ2v) is 16.2. The van der Waals surface area contributed by atoms with E-state index in [4.69, 9.17) is 29.0 Å². The summed E-state index contributed by atoms with van der Waals surface area (Å²) in [5.41, 5.74) is 5.34. The third kappa shape index (κ3) is 32.9. The maximum absolute atomic E-state index is 12.6. The maximum atomic E-state index is 12.6. The number of epoxide rings is 1. The van der Waals surface area contributed by atoms with E-state index in [-0.39, 0.29) is 44.8 Å². The minimum absolute atomic E-state index is 0.0283. The average Bonchev–Trinajstić information content (AvgIpc) is 3.93.